The van der Waals surface area contributed by atoms with Gasteiger partial charge in [-0.1, -0.05) is 73.1 Å². The fourth-order valence-electron chi connectivity index (χ4n) is 4.35. The van der Waals surface area contributed by atoms with E-state index in [4.69, 9.17) is 4.74 Å². The largest absolute Gasteiger partial charge is 0.507 e. The van der Waals surface area contributed by atoms with E-state index in [1.807, 2.05) is 24.3 Å². The van der Waals surface area contributed by atoms with Gasteiger partial charge in [-0.2, -0.15) is 0 Å². The van der Waals surface area contributed by atoms with Crippen molar-refractivity contribution in [1.82, 2.24) is 4.90 Å². The van der Waals surface area contributed by atoms with Gasteiger partial charge in [-0.15, -0.1) is 0 Å². The first-order valence-corrected chi connectivity index (χ1v) is 11.7. The number of aliphatic hydroxyl groups is 1. The summed E-state index contributed by atoms with van der Waals surface area (Å²) in [5.74, 6) is -1.41. The molecule has 2 unspecified atom stereocenters. The van der Waals surface area contributed by atoms with Crippen molar-refractivity contribution in [1.29, 1.82) is 0 Å². The highest BCUT2D eigenvalue weighted by Gasteiger charge is 2.47. The van der Waals surface area contributed by atoms with Crippen molar-refractivity contribution >= 4 is 33.4 Å². The second-order valence-corrected chi connectivity index (χ2v) is 10.4. The lowest BCUT2D eigenvalue weighted by Crippen LogP contribution is -2.36. The van der Waals surface area contributed by atoms with Crippen molar-refractivity contribution < 1.29 is 19.4 Å². The minimum atomic E-state index is -0.659. The van der Waals surface area contributed by atoms with Crippen LogP contribution in [0.2, 0.25) is 0 Å². The summed E-state index contributed by atoms with van der Waals surface area (Å²) < 4.78 is 6.61. The van der Waals surface area contributed by atoms with Gasteiger partial charge < -0.3 is 14.7 Å². The Morgan fingerprint density at radius 1 is 1.09 bits per heavy atom. The zero-order chi connectivity index (χ0) is 23.0. The average molecular weight is 498 g/mol. The molecular formula is C26H28BrNO4. The van der Waals surface area contributed by atoms with Crippen LogP contribution in [-0.2, 0) is 19.7 Å². The Morgan fingerprint density at radius 2 is 1.75 bits per heavy atom. The monoisotopic (exact) mass is 497 g/mol. The highest BCUT2D eigenvalue weighted by Crippen LogP contribution is 2.40. The number of rotatable bonds is 4. The third kappa shape index (κ3) is 4.39. The second kappa shape index (κ2) is 8.83. The van der Waals surface area contributed by atoms with E-state index in [2.05, 4.69) is 36.7 Å². The maximum absolute atomic E-state index is 13.1. The maximum atomic E-state index is 13.1. The standard InChI is InChI=1S/C26H28BrNO4/c1-26(2,3)18-10-6-16(7-11-18)22-21(23(29)17-8-12-19(27)13-9-17)24(30)25(31)28(22)15-20-5-4-14-32-20/h6-13,20,22,29H,4-5,14-15H2,1-3H3/b23-21+. The second-order valence-electron chi connectivity index (χ2n) is 9.47. The van der Waals surface area contributed by atoms with E-state index in [0.717, 1.165) is 28.4 Å². The first-order valence-electron chi connectivity index (χ1n) is 10.9. The minimum absolute atomic E-state index is 0.0184. The SMILES string of the molecule is CC(C)(C)c1ccc(C2/C(=C(\O)c3ccc(Br)cc3)C(=O)C(=O)N2CC2CCCO2)cc1. The lowest BCUT2D eigenvalue weighted by Gasteiger charge is -2.28. The van der Waals surface area contributed by atoms with E-state index in [-0.39, 0.29) is 22.9 Å². The van der Waals surface area contributed by atoms with Crippen LogP contribution in [0, 0.1) is 0 Å². The van der Waals surface area contributed by atoms with Crippen LogP contribution >= 0.6 is 15.9 Å². The lowest BCUT2D eigenvalue weighted by atomic mass is 9.85. The molecule has 1 N–H and O–H groups in total. The van der Waals surface area contributed by atoms with Gasteiger partial charge in [0.25, 0.3) is 11.7 Å². The normalized spacial score (nSPS) is 23.2. The summed E-state index contributed by atoms with van der Waals surface area (Å²) in [6.07, 6.45) is 1.70. The Balaban J connectivity index is 1.81. The molecule has 32 heavy (non-hydrogen) atoms. The van der Waals surface area contributed by atoms with E-state index in [0.29, 0.717) is 18.7 Å². The fraction of sp³-hybridized carbons (Fsp3) is 0.385. The summed E-state index contributed by atoms with van der Waals surface area (Å²) >= 11 is 3.39. The molecular weight excluding hydrogens is 470 g/mol. The number of halogens is 1. The Hall–Kier alpha value is -2.44. The van der Waals surface area contributed by atoms with Gasteiger partial charge in [-0.25, -0.2) is 0 Å². The van der Waals surface area contributed by atoms with Gasteiger partial charge in [-0.05, 0) is 41.5 Å². The number of hydrogen-bond donors (Lipinski definition) is 1. The number of ether oxygens (including phenoxy) is 1. The number of carbonyl (C=O) groups is 2. The third-order valence-corrected chi connectivity index (χ3v) is 6.70. The molecule has 2 aliphatic heterocycles. The molecule has 0 aliphatic carbocycles. The summed E-state index contributed by atoms with van der Waals surface area (Å²) in [6.45, 7) is 7.41. The number of amides is 1. The lowest BCUT2D eigenvalue weighted by molar-refractivity contribution is -0.140. The predicted octanol–water partition coefficient (Wildman–Crippen LogP) is 5.35. The van der Waals surface area contributed by atoms with E-state index in [1.165, 1.54) is 0 Å². The number of Topliss-reactive ketones (excluding diaryl/α,β-unsaturated/α-hetero) is 1. The van der Waals surface area contributed by atoms with Crippen LogP contribution < -0.4 is 0 Å². The van der Waals surface area contributed by atoms with E-state index < -0.39 is 17.7 Å². The Morgan fingerprint density at radius 3 is 2.31 bits per heavy atom. The Kier molecular flexibility index (Phi) is 6.28. The van der Waals surface area contributed by atoms with E-state index in [9.17, 15) is 14.7 Å². The van der Waals surface area contributed by atoms with Crippen molar-refractivity contribution in [2.24, 2.45) is 0 Å². The molecule has 2 atom stereocenters. The molecule has 2 fully saturated rings. The number of ketones is 1. The number of nitrogens with zero attached hydrogens (tertiary/aromatic N) is 1. The molecule has 6 heteroatoms. The van der Waals surface area contributed by atoms with Crippen LogP contribution in [0.25, 0.3) is 5.76 Å². The van der Waals surface area contributed by atoms with Crippen molar-refractivity contribution in [3.63, 3.8) is 0 Å². The van der Waals surface area contributed by atoms with Crippen LogP contribution in [0.1, 0.15) is 56.3 Å². The molecule has 2 aromatic rings. The Labute approximate surface area is 197 Å². The van der Waals surface area contributed by atoms with Crippen LogP contribution in [-0.4, -0.2) is 41.0 Å². The molecule has 1 amide bonds. The summed E-state index contributed by atoms with van der Waals surface area (Å²) in [5, 5.41) is 11.1. The molecule has 0 spiro atoms. The number of aliphatic hydroxyl groups excluding tert-OH is 1. The zero-order valence-electron chi connectivity index (χ0n) is 18.6. The first kappa shape index (κ1) is 22.7. The number of hydrogen-bond acceptors (Lipinski definition) is 4. The van der Waals surface area contributed by atoms with Gasteiger partial charge in [0.05, 0.1) is 17.7 Å². The van der Waals surface area contributed by atoms with Crippen LogP contribution in [0.15, 0.2) is 58.6 Å². The molecule has 0 radical (unpaired) electrons. The molecule has 5 nitrogen and oxygen atoms in total. The average Bonchev–Trinajstić information content (AvgIpc) is 3.36. The smallest absolute Gasteiger partial charge is 0.295 e. The van der Waals surface area contributed by atoms with E-state index in [1.54, 1.807) is 29.2 Å². The fourth-order valence-corrected chi connectivity index (χ4v) is 4.62. The molecule has 0 saturated carbocycles. The van der Waals surface area contributed by atoms with Crippen LogP contribution in [0.5, 0.6) is 0 Å². The van der Waals surface area contributed by atoms with Crippen molar-refractivity contribution in [2.75, 3.05) is 13.2 Å². The van der Waals surface area contributed by atoms with Crippen molar-refractivity contribution in [3.05, 3.63) is 75.3 Å². The summed E-state index contributed by atoms with van der Waals surface area (Å²) in [6, 6.07) is 14.4. The van der Waals surface area contributed by atoms with Crippen molar-refractivity contribution in [3.8, 4) is 0 Å². The third-order valence-electron chi connectivity index (χ3n) is 6.17. The van der Waals surface area contributed by atoms with Crippen LogP contribution in [0.4, 0.5) is 0 Å². The van der Waals surface area contributed by atoms with Crippen LogP contribution in [0.3, 0.4) is 0 Å². The number of benzene rings is 2. The molecule has 4 rings (SSSR count). The highest BCUT2D eigenvalue weighted by molar-refractivity contribution is 9.10. The molecule has 0 aromatic heterocycles. The number of likely N-dealkylation sites (tertiary alicyclic amines) is 1. The van der Waals surface area contributed by atoms with Crippen molar-refractivity contribution in [2.45, 2.75) is 51.2 Å². The zero-order valence-corrected chi connectivity index (χ0v) is 20.2. The van der Waals surface area contributed by atoms with Gasteiger partial charge in [0.1, 0.15) is 5.76 Å². The topological polar surface area (TPSA) is 66.8 Å². The summed E-state index contributed by atoms with van der Waals surface area (Å²) in [7, 11) is 0. The van der Waals surface area contributed by atoms with Gasteiger partial charge >= 0.3 is 0 Å². The van der Waals surface area contributed by atoms with Gasteiger partial charge in [0, 0.05) is 23.2 Å². The first-order chi connectivity index (χ1) is 15.2. The maximum Gasteiger partial charge on any atom is 0.295 e. The molecule has 2 heterocycles. The molecule has 2 aromatic carbocycles. The predicted molar refractivity (Wildman–Crippen MR) is 127 cm³/mol. The minimum Gasteiger partial charge on any atom is -0.507 e. The molecule has 2 saturated heterocycles. The summed E-state index contributed by atoms with van der Waals surface area (Å²) in [5.41, 5.74) is 2.56. The quantitative estimate of drug-likeness (QED) is 0.351. The van der Waals surface area contributed by atoms with E-state index >= 15 is 0 Å². The number of carbonyl (C=O) groups excluding carboxylic acids is 2. The Bertz CT molecular complexity index is 1040. The van der Waals surface area contributed by atoms with Gasteiger partial charge in [0.15, 0.2) is 0 Å². The highest BCUT2D eigenvalue weighted by atomic mass is 79.9. The molecule has 2 aliphatic rings. The molecule has 0 bridgehead atoms. The molecule has 168 valence electrons. The van der Waals surface area contributed by atoms with Gasteiger partial charge in [0.2, 0.25) is 0 Å². The van der Waals surface area contributed by atoms with Gasteiger partial charge in [-0.3, -0.25) is 9.59 Å². The summed E-state index contributed by atoms with van der Waals surface area (Å²) in [4.78, 5) is 27.8.